The van der Waals surface area contributed by atoms with Gasteiger partial charge in [-0.25, -0.2) is 0 Å². The number of nitrogens with zero attached hydrogens (tertiary/aromatic N) is 1. The normalized spacial score (nSPS) is 17.4. The summed E-state index contributed by atoms with van der Waals surface area (Å²) >= 11 is 0. The van der Waals surface area contributed by atoms with Crippen LogP contribution in [-0.4, -0.2) is 13.1 Å². The molecule has 20 heavy (non-hydrogen) atoms. The first-order valence-corrected chi connectivity index (χ1v) is 7.60. The van der Waals surface area contributed by atoms with Crippen LogP contribution in [0, 0.1) is 0 Å². The van der Waals surface area contributed by atoms with Crippen molar-refractivity contribution >= 4 is 5.69 Å². The molecule has 0 amide bonds. The maximum Gasteiger partial charge on any atom is 0.0435 e. The first kappa shape index (κ1) is 13.2. The van der Waals surface area contributed by atoms with Gasteiger partial charge in [0.25, 0.3) is 0 Å². The number of aryl methyl sites for hydroxylation is 1. The molecule has 1 heterocycles. The molecule has 0 aliphatic carbocycles. The summed E-state index contributed by atoms with van der Waals surface area (Å²) in [5.74, 6) is 0. The van der Waals surface area contributed by atoms with E-state index in [4.69, 9.17) is 0 Å². The third-order valence-electron chi connectivity index (χ3n) is 4.56. The molecule has 0 saturated carbocycles. The molecule has 1 atom stereocenters. The van der Waals surface area contributed by atoms with Gasteiger partial charge in [-0.15, -0.1) is 0 Å². The molecule has 1 heteroatoms. The second kappa shape index (κ2) is 5.32. The largest absolute Gasteiger partial charge is 0.371 e. The lowest BCUT2D eigenvalue weighted by Gasteiger charge is -2.21. The molecule has 2 aromatic rings. The molecule has 104 valence electrons. The highest BCUT2D eigenvalue weighted by Crippen LogP contribution is 2.35. The van der Waals surface area contributed by atoms with E-state index in [9.17, 15) is 0 Å². The minimum absolute atomic E-state index is 0.619. The molecule has 1 nitrogen and oxygen atoms in total. The van der Waals surface area contributed by atoms with Gasteiger partial charge in [-0.1, -0.05) is 49.4 Å². The first-order chi connectivity index (χ1) is 9.69. The highest BCUT2D eigenvalue weighted by molar-refractivity contribution is 5.64. The van der Waals surface area contributed by atoms with E-state index in [-0.39, 0.29) is 0 Å². The monoisotopic (exact) mass is 265 g/mol. The average Bonchev–Trinajstić information content (AvgIpc) is 2.76. The van der Waals surface area contributed by atoms with Gasteiger partial charge in [0.05, 0.1) is 0 Å². The van der Waals surface area contributed by atoms with Gasteiger partial charge in [0.2, 0.25) is 0 Å². The van der Waals surface area contributed by atoms with Crippen molar-refractivity contribution in [3.63, 3.8) is 0 Å². The fourth-order valence-corrected chi connectivity index (χ4v) is 3.19. The van der Waals surface area contributed by atoms with Crippen LogP contribution in [0.15, 0.2) is 42.5 Å². The Morgan fingerprint density at radius 3 is 2.45 bits per heavy atom. The molecular weight excluding hydrogens is 242 g/mol. The Bertz CT molecular complexity index is 598. The van der Waals surface area contributed by atoms with E-state index in [0.717, 1.165) is 12.8 Å². The maximum atomic E-state index is 2.44. The van der Waals surface area contributed by atoms with Gasteiger partial charge in [-0.05, 0) is 48.4 Å². The Balaban J connectivity index is 1.90. The summed E-state index contributed by atoms with van der Waals surface area (Å²) < 4.78 is 0. The van der Waals surface area contributed by atoms with Crippen LogP contribution in [-0.2, 0) is 19.3 Å². The van der Waals surface area contributed by atoms with Gasteiger partial charge in [0, 0.05) is 18.8 Å². The van der Waals surface area contributed by atoms with Crippen LogP contribution < -0.4 is 4.90 Å². The minimum Gasteiger partial charge on any atom is -0.371 e. The van der Waals surface area contributed by atoms with E-state index in [2.05, 4.69) is 68.3 Å². The summed E-state index contributed by atoms with van der Waals surface area (Å²) in [5, 5.41) is 0. The molecular formula is C19H23N. The fourth-order valence-electron chi connectivity index (χ4n) is 3.19. The summed E-state index contributed by atoms with van der Waals surface area (Å²) in [7, 11) is 2.22. The van der Waals surface area contributed by atoms with Gasteiger partial charge in [-0.2, -0.15) is 0 Å². The van der Waals surface area contributed by atoms with Crippen molar-refractivity contribution in [2.75, 3.05) is 11.9 Å². The molecule has 0 saturated heterocycles. The summed E-state index contributed by atoms with van der Waals surface area (Å²) in [6, 6.07) is 16.4. The second-order valence-corrected chi connectivity index (χ2v) is 5.94. The summed E-state index contributed by atoms with van der Waals surface area (Å²) in [4.78, 5) is 2.44. The smallest absolute Gasteiger partial charge is 0.0435 e. The van der Waals surface area contributed by atoms with E-state index in [1.165, 1.54) is 34.4 Å². The number of benzene rings is 2. The Kier molecular flexibility index (Phi) is 3.52. The predicted octanol–water partition coefficient (Wildman–Crippen LogP) is 4.22. The number of hydrogen-bond acceptors (Lipinski definition) is 1. The molecule has 0 N–H and O–H groups in total. The van der Waals surface area contributed by atoms with Crippen molar-refractivity contribution in [2.45, 2.75) is 39.2 Å². The van der Waals surface area contributed by atoms with E-state index in [1.807, 2.05) is 0 Å². The third-order valence-corrected chi connectivity index (χ3v) is 4.56. The number of hydrogen-bond donors (Lipinski definition) is 0. The van der Waals surface area contributed by atoms with Crippen molar-refractivity contribution in [2.24, 2.45) is 0 Å². The van der Waals surface area contributed by atoms with Crippen LogP contribution in [0.5, 0.6) is 0 Å². The molecule has 3 rings (SSSR count). The Morgan fingerprint density at radius 2 is 1.75 bits per heavy atom. The fraction of sp³-hybridized carbons (Fsp3) is 0.368. The lowest BCUT2D eigenvalue weighted by molar-refractivity contribution is 0.731. The van der Waals surface area contributed by atoms with Gasteiger partial charge in [0.1, 0.15) is 0 Å². The van der Waals surface area contributed by atoms with Crippen LogP contribution in [0.1, 0.15) is 36.1 Å². The topological polar surface area (TPSA) is 3.24 Å². The quantitative estimate of drug-likeness (QED) is 0.803. The maximum absolute atomic E-state index is 2.44. The van der Waals surface area contributed by atoms with Crippen molar-refractivity contribution in [1.29, 1.82) is 0 Å². The molecule has 1 aliphatic heterocycles. The molecule has 1 unspecified atom stereocenters. The lowest BCUT2D eigenvalue weighted by atomic mass is 9.99. The van der Waals surface area contributed by atoms with Gasteiger partial charge in [0.15, 0.2) is 0 Å². The van der Waals surface area contributed by atoms with Crippen LogP contribution in [0.2, 0.25) is 0 Å². The number of para-hydroxylation sites is 1. The van der Waals surface area contributed by atoms with Crippen molar-refractivity contribution in [3.05, 3.63) is 64.7 Å². The minimum atomic E-state index is 0.619. The average molecular weight is 265 g/mol. The second-order valence-electron chi connectivity index (χ2n) is 5.94. The Morgan fingerprint density at radius 1 is 1.05 bits per heavy atom. The SMILES string of the molecule is CCc1ccc(Cc2cccc3c2N(C)C(C)C3)cc1. The van der Waals surface area contributed by atoms with Crippen LogP contribution >= 0.6 is 0 Å². The molecule has 0 aromatic heterocycles. The number of likely N-dealkylation sites (N-methyl/N-ethyl adjacent to an activating group) is 1. The Labute approximate surface area is 122 Å². The zero-order valence-corrected chi connectivity index (χ0v) is 12.7. The summed E-state index contributed by atoms with van der Waals surface area (Å²) in [6.45, 7) is 4.51. The zero-order chi connectivity index (χ0) is 14.1. The molecule has 0 fully saturated rings. The van der Waals surface area contributed by atoms with Gasteiger partial charge >= 0.3 is 0 Å². The van der Waals surface area contributed by atoms with E-state index < -0.39 is 0 Å². The van der Waals surface area contributed by atoms with Crippen molar-refractivity contribution in [3.8, 4) is 0 Å². The molecule has 0 radical (unpaired) electrons. The van der Waals surface area contributed by atoms with Crippen LogP contribution in [0.25, 0.3) is 0 Å². The highest BCUT2D eigenvalue weighted by atomic mass is 15.2. The summed E-state index contributed by atoms with van der Waals surface area (Å²) in [6.07, 6.45) is 3.32. The zero-order valence-electron chi connectivity index (χ0n) is 12.7. The van der Waals surface area contributed by atoms with Crippen LogP contribution in [0.3, 0.4) is 0 Å². The molecule has 2 aromatic carbocycles. The Hall–Kier alpha value is -1.76. The third kappa shape index (κ3) is 2.33. The standard InChI is InChI=1S/C19H23N/c1-4-15-8-10-16(11-9-15)13-18-7-5-6-17-12-14(2)20(3)19(17)18/h5-11,14H,4,12-13H2,1-3H3. The summed E-state index contributed by atoms with van der Waals surface area (Å²) in [5.41, 5.74) is 7.24. The molecule has 0 bridgehead atoms. The van der Waals surface area contributed by atoms with Crippen molar-refractivity contribution < 1.29 is 0 Å². The molecule has 0 spiro atoms. The van der Waals surface area contributed by atoms with E-state index in [0.29, 0.717) is 6.04 Å². The highest BCUT2D eigenvalue weighted by Gasteiger charge is 2.24. The van der Waals surface area contributed by atoms with Gasteiger partial charge in [-0.3, -0.25) is 0 Å². The lowest BCUT2D eigenvalue weighted by Crippen LogP contribution is -2.24. The number of fused-ring (bicyclic) bond motifs is 1. The number of rotatable bonds is 3. The van der Waals surface area contributed by atoms with Gasteiger partial charge < -0.3 is 4.90 Å². The van der Waals surface area contributed by atoms with Crippen molar-refractivity contribution in [1.82, 2.24) is 0 Å². The van der Waals surface area contributed by atoms with E-state index in [1.54, 1.807) is 0 Å². The van der Waals surface area contributed by atoms with E-state index >= 15 is 0 Å². The predicted molar refractivity (Wildman–Crippen MR) is 86.6 cm³/mol. The van der Waals surface area contributed by atoms with Crippen LogP contribution in [0.4, 0.5) is 5.69 Å². The number of anilines is 1. The molecule has 1 aliphatic rings. The first-order valence-electron chi connectivity index (χ1n) is 7.60.